The van der Waals surface area contributed by atoms with Gasteiger partial charge in [0.2, 0.25) is 15.9 Å². The molecule has 1 N–H and O–H groups in total. The number of piperidine rings is 1. The Morgan fingerprint density at radius 3 is 2.28 bits per heavy atom. The molecule has 0 saturated carbocycles. The lowest BCUT2D eigenvalue weighted by atomic mass is 9.99. The molecule has 1 heterocycles. The van der Waals surface area contributed by atoms with Crippen LogP contribution in [0.15, 0.2) is 83.8 Å². The second-order valence-corrected chi connectivity index (χ2v) is 9.96. The van der Waals surface area contributed by atoms with Gasteiger partial charge in [0.05, 0.1) is 10.8 Å². The number of amides is 1. The first-order chi connectivity index (χ1) is 15.4. The van der Waals surface area contributed by atoms with E-state index in [4.69, 9.17) is 16.3 Å². The highest BCUT2D eigenvalue weighted by atomic mass is 35.5. The Morgan fingerprint density at radius 1 is 0.938 bits per heavy atom. The summed E-state index contributed by atoms with van der Waals surface area (Å²) >= 11 is 5.87. The molecule has 1 aliphatic rings. The normalized spacial score (nSPS) is 17.0. The summed E-state index contributed by atoms with van der Waals surface area (Å²) in [6.45, 7) is 0.534. The molecule has 0 bridgehead atoms. The van der Waals surface area contributed by atoms with Gasteiger partial charge in [-0.15, -0.1) is 0 Å². The first-order valence-corrected chi connectivity index (χ1v) is 12.1. The SMILES string of the molecule is O=C(Nc1ccc(Oc2ccccc2)cc1)[C@H]1CCCN(S(=O)(=O)c2ccc(Cl)cc2)C1. The molecule has 32 heavy (non-hydrogen) atoms. The van der Waals surface area contributed by atoms with Crippen molar-refractivity contribution in [1.29, 1.82) is 0 Å². The standard InChI is InChI=1S/C24H23ClN2O4S/c25-19-8-14-23(15-9-19)32(29,30)27-16-4-5-18(17-27)24(28)26-20-10-12-22(13-11-20)31-21-6-2-1-3-7-21/h1-3,6-15,18H,4-5,16-17H2,(H,26,28)/t18-/m0/s1. The van der Waals surface area contributed by atoms with Crippen LogP contribution in [0.3, 0.4) is 0 Å². The molecule has 0 radical (unpaired) electrons. The van der Waals surface area contributed by atoms with E-state index in [0.717, 1.165) is 5.75 Å². The first-order valence-electron chi connectivity index (χ1n) is 10.3. The molecule has 0 aromatic heterocycles. The van der Waals surface area contributed by atoms with E-state index in [2.05, 4.69) is 5.32 Å². The lowest BCUT2D eigenvalue weighted by molar-refractivity contribution is -0.120. The molecule has 1 atom stereocenters. The van der Waals surface area contributed by atoms with Crippen LogP contribution in [-0.4, -0.2) is 31.7 Å². The Labute approximate surface area is 192 Å². The highest BCUT2D eigenvalue weighted by Gasteiger charge is 2.33. The summed E-state index contributed by atoms with van der Waals surface area (Å²) in [6, 6.07) is 22.6. The van der Waals surface area contributed by atoms with Gasteiger partial charge in [0.25, 0.3) is 0 Å². The molecule has 4 rings (SSSR count). The molecule has 1 aliphatic heterocycles. The van der Waals surface area contributed by atoms with Gasteiger partial charge in [-0.1, -0.05) is 29.8 Å². The molecule has 3 aromatic carbocycles. The average Bonchev–Trinajstić information content (AvgIpc) is 2.81. The Hall–Kier alpha value is -2.87. The minimum Gasteiger partial charge on any atom is -0.457 e. The highest BCUT2D eigenvalue weighted by molar-refractivity contribution is 7.89. The number of nitrogens with one attached hydrogen (secondary N) is 1. The maximum Gasteiger partial charge on any atom is 0.243 e. The summed E-state index contributed by atoms with van der Waals surface area (Å²) in [5, 5.41) is 3.36. The van der Waals surface area contributed by atoms with Crippen LogP contribution in [0.25, 0.3) is 0 Å². The zero-order valence-corrected chi connectivity index (χ0v) is 18.9. The molecule has 1 fully saturated rings. The smallest absolute Gasteiger partial charge is 0.243 e. The van der Waals surface area contributed by atoms with Gasteiger partial charge in [0, 0.05) is 23.8 Å². The number of rotatable bonds is 6. The predicted molar refractivity (Wildman–Crippen MR) is 125 cm³/mol. The number of hydrogen-bond donors (Lipinski definition) is 1. The van der Waals surface area contributed by atoms with Gasteiger partial charge in [-0.25, -0.2) is 8.42 Å². The van der Waals surface area contributed by atoms with Crippen molar-refractivity contribution in [2.24, 2.45) is 5.92 Å². The maximum atomic E-state index is 12.9. The van der Waals surface area contributed by atoms with E-state index < -0.39 is 15.9 Å². The summed E-state index contributed by atoms with van der Waals surface area (Å²) in [5.74, 6) is 0.768. The van der Waals surface area contributed by atoms with E-state index in [1.807, 2.05) is 30.3 Å². The predicted octanol–water partition coefficient (Wildman–Crippen LogP) is 5.17. The molecular formula is C24H23ClN2O4S. The van der Waals surface area contributed by atoms with Crippen molar-refractivity contribution in [3.63, 3.8) is 0 Å². The molecule has 0 spiro atoms. The van der Waals surface area contributed by atoms with Gasteiger partial charge in [0.1, 0.15) is 11.5 Å². The minimum absolute atomic E-state index is 0.145. The fourth-order valence-electron chi connectivity index (χ4n) is 3.61. The van der Waals surface area contributed by atoms with Crippen LogP contribution in [0.2, 0.25) is 5.02 Å². The quantitative estimate of drug-likeness (QED) is 0.539. The molecule has 6 nitrogen and oxygen atoms in total. The summed E-state index contributed by atoms with van der Waals surface area (Å²) in [7, 11) is -3.68. The molecule has 166 valence electrons. The number of para-hydroxylation sites is 1. The Bertz CT molecular complexity index is 1170. The van der Waals surface area contributed by atoms with Crippen molar-refractivity contribution in [1.82, 2.24) is 4.31 Å². The zero-order valence-electron chi connectivity index (χ0n) is 17.3. The van der Waals surface area contributed by atoms with E-state index >= 15 is 0 Å². The third kappa shape index (κ3) is 5.30. The lowest BCUT2D eigenvalue weighted by Crippen LogP contribution is -2.43. The van der Waals surface area contributed by atoms with Crippen LogP contribution in [0.4, 0.5) is 5.69 Å². The number of carbonyl (C=O) groups is 1. The number of ether oxygens (including phenoxy) is 1. The third-order valence-electron chi connectivity index (χ3n) is 5.31. The molecule has 1 amide bonds. The number of nitrogens with zero attached hydrogens (tertiary/aromatic N) is 1. The Morgan fingerprint density at radius 2 is 1.59 bits per heavy atom. The highest BCUT2D eigenvalue weighted by Crippen LogP contribution is 2.27. The molecule has 0 aliphatic carbocycles. The van der Waals surface area contributed by atoms with Crippen molar-refractivity contribution in [3.05, 3.63) is 83.9 Å². The van der Waals surface area contributed by atoms with E-state index in [-0.39, 0.29) is 17.3 Å². The van der Waals surface area contributed by atoms with Gasteiger partial charge >= 0.3 is 0 Å². The average molecular weight is 471 g/mol. The minimum atomic E-state index is -3.68. The largest absolute Gasteiger partial charge is 0.457 e. The second kappa shape index (κ2) is 9.73. The van der Waals surface area contributed by atoms with Crippen molar-refractivity contribution >= 4 is 33.2 Å². The third-order valence-corrected chi connectivity index (χ3v) is 7.44. The number of sulfonamides is 1. The maximum absolute atomic E-state index is 12.9. The van der Waals surface area contributed by atoms with Crippen molar-refractivity contribution in [2.45, 2.75) is 17.7 Å². The summed E-state index contributed by atoms with van der Waals surface area (Å²) in [6.07, 6.45) is 1.25. The van der Waals surface area contributed by atoms with Gasteiger partial charge in [-0.3, -0.25) is 4.79 Å². The topological polar surface area (TPSA) is 75.7 Å². The monoisotopic (exact) mass is 470 g/mol. The Kier molecular flexibility index (Phi) is 6.79. The van der Waals surface area contributed by atoms with Crippen LogP contribution in [0.1, 0.15) is 12.8 Å². The van der Waals surface area contributed by atoms with E-state index in [9.17, 15) is 13.2 Å². The second-order valence-electron chi connectivity index (χ2n) is 7.58. The number of hydrogen-bond acceptors (Lipinski definition) is 4. The summed E-state index contributed by atoms with van der Waals surface area (Å²) < 4.78 is 33.0. The van der Waals surface area contributed by atoms with Gasteiger partial charge in [0.15, 0.2) is 0 Å². The van der Waals surface area contributed by atoms with E-state index in [0.29, 0.717) is 35.8 Å². The molecule has 0 unspecified atom stereocenters. The number of carbonyl (C=O) groups excluding carboxylic acids is 1. The van der Waals surface area contributed by atoms with Crippen molar-refractivity contribution in [3.8, 4) is 11.5 Å². The molecule has 1 saturated heterocycles. The fraction of sp³-hybridized carbons (Fsp3) is 0.208. The van der Waals surface area contributed by atoms with Crippen LogP contribution < -0.4 is 10.1 Å². The number of anilines is 1. The molecular weight excluding hydrogens is 448 g/mol. The lowest BCUT2D eigenvalue weighted by Gasteiger charge is -2.31. The van der Waals surface area contributed by atoms with Crippen LogP contribution in [0.5, 0.6) is 11.5 Å². The van der Waals surface area contributed by atoms with Gasteiger partial charge in [-0.2, -0.15) is 4.31 Å². The van der Waals surface area contributed by atoms with Crippen LogP contribution in [0, 0.1) is 5.92 Å². The van der Waals surface area contributed by atoms with Crippen LogP contribution in [-0.2, 0) is 14.8 Å². The van der Waals surface area contributed by atoms with Gasteiger partial charge < -0.3 is 10.1 Å². The van der Waals surface area contributed by atoms with Crippen molar-refractivity contribution < 1.29 is 17.9 Å². The molecule has 8 heteroatoms. The van der Waals surface area contributed by atoms with E-state index in [1.165, 1.54) is 16.4 Å². The summed E-state index contributed by atoms with van der Waals surface area (Å²) in [4.78, 5) is 13.0. The number of benzene rings is 3. The first kappa shape index (κ1) is 22.3. The molecule has 3 aromatic rings. The summed E-state index contributed by atoms with van der Waals surface area (Å²) in [5.41, 5.74) is 0.632. The fourth-order valence-corrected chi connectivity index (χ4v) is 5.26. The zero-order chi connectivity index (χ0) is 22.6. The van der Waals surface area contributed by atoms with E-state index in [1.54, 1.807) is 36.4 Å². The van der Waals surface area contributed by atoms with Crippen molar-refractivity contribution in [2.75, 3.05) is 18.4 Å². The Balaban J connectivity index is 1.38. The van der Waals surface area contributed by atoms with Gasteiger partial charge in [-0.05, 0) is 73.5 Å². The number of halogens is 1. The van der Waals surface area contributed by atoms with Crippen LogP contribution >= 0.6 is 11.6 Å².